The lowest BCUT2D eigenvalue weighted by Gasteiger charge is -2.27. The summed E-state index contributed by atoms with van der Waals surface area (Å²) in [6.07, 6.45) is 7.43. The molecule has 0 radical (unpaired) electrons. The van der Waals surface area contributed by atoms with E-state index in [0.717, 1.165) is 55.4 Å². The number of ketones is 1. The Morgan fingerprint density at radius 3 is 2.63 bits per heavy atom. The smallest absolute Gasteiger partial charge is 0.185 e. The molecule has 0 spiro atoms. The van der Waals surface area contributed by atoms with Crippen molar-refractivity contribution in [3.63, 3.8) is 0 Å². The number of hydrogen-bond acceptors (Lipinski definition) is 4. The summed E-state index contributed by atoms with van der Waals surface area (Å²) >= 11 is 0. The zero-order valence-electron chi connectivity index (χ0n) is 17.2. The van der Waals surface area contributed by atoms with Crippen LogP contribution in [0.15, 0.2) is 73.1 Å². The predicted molar refractivity (Wildman–Crippen MR) is 118 cm³/mol. The van der Waals surface area contributed by atoms with E-state index in [0.29, 0.717) is 5.56 Å². The Morgan fingerprint density at radius 1 is 1.07 bits per heavy atom. The van der Waals surface area contributed by atoms with Gasteiger partial charge in [-0.25, -0.2) is 0 Å². The quantitative estimate of drug-likeness (QED) is 0.439. The molecule has 5 heteroatoms. The number of nitrogens with zero attached hydrogens (tertiary/aromatic N) is 2. The lowest BCUT2D eigenvalue weighted by molar-refractivity contribution is 0.0339. The van der Waals surface area contributed by atoms with Gasteiger partial charge in [-0.2, -0.15) is 0 Å². The van der Waals surface area contributed by atoms with Gasteiger partial charge in [0.25, 0.3) is 0 Å². The monoisotopic (exact) mass is 402 g/mol. The molecular weight excluding hydrogens is 376 g/mol. The van der Waals surface area contributed by atoms with Gasteiger partial charge < -0.3 is 14.0 Å². The summed E-state index contributed by atoms with van der Waals surface area (Å²) in [5.74, 6) is 0.846. The first-order valence-electron chi connectivity index (χ1n) is 10.2. The molecule has 1 aliphatic heterocycles. The van der Waals surface area contributed by atoms with E-state index in [4.69, 9.17) is 9.47 Å². The van der Waals surface area contributed by atoms with E-state index in [2.05, 4.69) is 11.0 Å². The lowest BCUT2D eigenvalue weighted by Crippen LogP contribution is -2.35. The minimum absolute atomic E-state index is 0.0189. The van der Waals surface area contributed by atoms with Crippen LogP contribution < -0.4 is 4.74 Å². The molecule has 4 rings (SSSR count). The van der Waals surface area contributed by atoms with Gasteiger partial charge in [0.05, 0.1) is 20.3 Å². The molecule has 0 unspecified atom stereocenters. The summed E-state index contributed by atoms with van der Waals surface area (Å²) in [6, 6.07) is 17.6. The maximum Gasteiger partial charge on any atom is 0.185 e. The number of methoxy groups -OCH3 is 1. The van der Waals surface area contributed by atoms with Crippen molar-refractivity contribution in [1.29, 1.82) is 0 Å². The standard InChI is InChI=1S/C25H26N2O3/c1-29-25-10-8-20(17-22(25)19-26-13-15-30-16-14-26)7-9-24(28)21-5-4-6-23(18-21)27-11-2-3-12-27/h2-12,17-18H,13-16,19H2,1H3/b9-7+. The largest absolute Gasteiger partial charge is 0.496 e. The SMILES string of the molecule is COc1ccc(/C=C/C(=O)c2cccc(-n3cccc3)c2)cc1CN1CCOCC1. The van der Waals surface area contributed by atoms with Crippen LogP contribution in [0.3, 0.4) is 0 Å². The van der Waals surface area contributed by atoms with Crippen LogP contribution in [-0.2, 0) is 11.3 Å². The second kappa shape index (κ2) is 9.57. The number of rotatable bonds is 7. The molecule has 0 saturated carbocycles. The van der Waals surface area contributed by atoms with Crippen molar-refractivity contribution < 1.29 is 14.3 Å². The van der Waals surface area contributed by atoms with Crippen LogP contribution in [0.4, 0.5) is 0 Å². The summed E-state index contributed by atoms with van der Waals surface area (Å²) in [7, 11) is 1.69. The number of carbonyl (C=O) groups excluding carboxylic acids is 1. The van der Waals surface area contributed by atoms with Crippen LogP contribution in [0.1, 0.15) is 21.5 Å². The summed E-state index contributed by atoms with van der Waals surface area (Å²) in [5.41, 5.74) is 3.73. The summed E-state index contributed by atoms with van der Waals surface area (Å²) in [6.45, 7) is 4.16. The van der Waals surface area contributed by atoms with E-state index in [1.165, 1.54) is 0 Å². The van der Waals surface area contributed by atoms with Crippen LogP contribution >= 0.6 is 0 Å². The zero-order valence-corrected chi connectivity index (χ0v) is 17.2. The summed E-state index contributed by atoms with van der Waals surface area (Å²) < 4.78 is 13.0. The van der Waals surface area contributed by atoms with Crippen LogP contribution in [0, 0.1) is 0 Å². The molecule has 0 amide bonds. The first-order valence-corrected chi connectivity index (χ1v) is 10.2. The van der Waals surface area contributed by atoms with Crippen molar-refractivity contribution in [3.05, 3.63) is 89.8 Å². The maximum absolute atomic E-state index is 12.7. The minimum atomic E-state index is -0.0189. The van der Waals surface area contributed by atoms with Gasteiger partial charge in [-0.3, -0.25) is 9.69 Å². The molecule has 1 aromatic heterocycles. The average molecular weight is 402 g/mol. The molecule has 1 fully saturated rings. The molecule has 2 aromatic carbocycles. The van der Waals surface area contributed by atoms with Gasteiger partial charge in [-0.05, 0) is 48.0 Å². The minimum Gasteiger partial charge on any atom is -0.496 e. The normalized spacial score (nSPS) is 14.8. The van der Waals surface area contributed by atoms with Gasteiger partial charge in [0.2, 0.25) is 0 Å². The van der Waals surface area contributed by atoms with Crippen molar-refractivity contribution in [2.24, 2.45) is 0 Å². The van der Waals surface area contributed by atoms with Gasteiger partial charge in [-0.1, -0.05) is 24.3 Å². The Hall–Kier alpha value is -3.15. The van der Waals surface area contributed by atoms with E-state index in [-0.39, 0.29) is 5.78 Å². The molecule has 5 nitrogen and oxygen atoms in total. The molecule has 3 aromatic rings. The highest BCUT2D eigenvalue weighted by Gasteiger charge is 2.13. The van der Waals surface area contributed by atoms with E-state index in [1.54, 1.807) is 13.2 Å². The third-order valence-electron chi connectivity index (χ3n) is 5.26. The maximum atomic E-state index is 12.7. The van der Waals surface area contributed by atoms with Gasteiger partial charge in [0.15, 0.2) is 5.78 Å². The number of aromatic nitrogens is 1. The number of carbonyl (C=O) groups is 1. The highest BCUT2D eigenvalue weighted by atomic mass is 16.5. The third kappa shape index (κ3) is 4.87. The van der Waals surface area contributed by atoms with Gasteiger partial charge in [0, 0.05) is 48.8 Å². The van der Waals surface area contributed by atoms with Crippen LogP contribution in [-0.4, -0.2) is 48.7 Å². The molecule has 0 bridgehead atoms. The lowest BCUT2D eigenvalue weighted by atomic mass is 10.1. The molecule has 1 aliphatic rings. The Morgan fingerprint density at radius 2 is 1.87 bits per heavy atom. The number of hydrogen-bond donors (Lipinski definition) is 0. The fourth-order valence-corrected chi connectivity index (χ4v) is 3.62. The zero-order chi connectivity index (χ0) is 20.8. The molecular formula is C25H26N2O3. The molecule has 0 aliphatic carbocycles. The average Bonchev–Trinajstić information content (AvgIpc) is 3.33. The third-order valence-corrected chi connectivity index (χ3v) is 5.26. The van der Waals surface area contributed by atoms with E-state index < -0.39 is 0 Å². The molecule has 2 heterocycles. The number of benzene rings is 2. The van der Waals surface area contributed by atoms with Crippen molar-refractivity contribution >= 4 is 11.9 Å². The highest BCUT2D eigenvalue weighted by Crippen LogP contribution is 2.23. The van der Waals surface area contributed by atoms with E-state index in [9.17, 15) is 4.79 Å². The predicted octanol–water partition coefficient (Wildman–Crippen LogP) is 4.21. The molecule has 0 N–H and O–H groups in total. The summed E-state index contributed by atoms with van der Waals surface area (Å²) in [5, 5.41) is 0. The highest BCUT2D eigenvalue weighted by molar-refractivity contribution is 6.07. The second-order valence-corrected chi connectivity index (χ2v) is 7.30. The summed E-state index contributed by atoms with van der Waals surface area (Å²) in [4.78, 5) is 15.1. The number of allylic oxidation sites excluding steroid dienone is 1. The van der Waals surface area contributed by atoms with Crippen LogP contribution in [0.2, 0.25) is 0 Å². The van der Waals surface area contributed by atoms with Crippen molar-refractivity contribution in [2.75, 3.05) is 33.4 Å². The topological polar surface area (TPSA) is 43.7 Å². The Labute approximate surface area is 177 Å². The Kier molecular flexibility index (Phi) is 6.42. The van der Waals surface area contributed by atoms with Gasteiger partial charge in [-0.15, -0.1) is 0 Å². The van der Waals surface area contributed by atoms with E-state index in [1.807, 2.05) is 71.6 Å². The number of ether oxygens (including phenoxy) is 2. The first kappa shape index (κ1) is 20.1. The molecule has 154 valence electrons. The van der Waals surface area contributed by atoms with Gasteiger partial charge in [0.1, 0.15) is 5.75 Å². The fraction of sp³-hybridized carbons (Fsp3) is 0.240. The second-order valence-electron chi connectivity index (χ2n) is 7.30. The molecule has 30 heavy (non-hydrogen) atoms. The van der Waals surface area contributed by atoms with E-state index >= 15 is 0 Å². The van der Waals surface area contributed by atoms with Crippen molar-refractivity contribution in [1.82, 2.24) is 9.47 Å². The van der Waals surface area contributed by atoms with Crippen molar-refractivity contribution in [2.45, 2.75) is 6.54 Å². The van der Waals surface area contributed by atoms with Crippen molar-refractivity contribution in [3.8, 4) is 11.4 Å². The number of morpholine rings is 1. The molecule has 0 atom stereocenters. The Balaban J connectivity index is 1.50. The van der Waals surface area contributed by atoms with Crippen LogP contribution in [0.25, 0.3) is 11.8 Å². The molecule has 1 saturated heterocycles. The van der Waals surface area contributed by atoms with Gasteiger partial charge >= 0.3 is 0 Å². The first-order chi connectivity index (χ1) is 14.7. The fourth-order valence-electron chi connectivity index (χ4n) is 3.62. The Bertz CT molecular complexity index is 1020. The van der Waals surface area contributed by atoms with Crippen LogP contribution in [0.5, 0.6) is 5.75 Å².